The molecule has 1 unspecified atom stereocenters. The van der Waals surface area contributed by atoms with Gasteiger partial charge in [-0.05, 0) is 12.3 Å². The second-order valence-corrected chi connectivity index (χ2v) is 7.82. The highest BCUT2D eigenvalue weighted by Gasteiger charge is 2.34. The standard InChI is InChI=1S/C20H35N2O4/c1-5-6-7-8-9-12-17-25-20(24)26-18-13-15-21(19(18)23)14-10-11-16-22(2,3)4/h18H,5-9,12-17H2,1-4H3/q+1. The molecule has 1 aliphatic rings. The van der Waals surface area contributed by atoms with Crippen LogP contribution in [0.1, 0.15) is 51.9 Å². The molecule has 6 nitrogen and oxygen atoms in total. The molecule has 1 aliphatic heterocycles. The second-order valence-electron chi connectivity index (χ2n) is 7.82. The van der Waals surface area contributed by atoms with Crippen LogP contribution in [0.3, 0.4) is 0 Å². The van der Waals surface area contributed by atoms with Gasteiger partial charge in [0.1, 0.15) is 6.54 Å². The Bertz CT molecular complexity index is 502. The van der Waals surface area contributed by atoms with E-state index in [2.05, 4.69) is 39.9 Å². The number of hydrogen-bond donors (Lipinski definition) is 0. The summed E-state index contributed by atoms with van der Waals surface area (Å²) < 4.78 is 11.0. The molecule has 1 heterocycles. The van der Waals surface area contributed by atoms with E-state index in [1.165, 1.54) is 19.3 Å². The highest BCUT2D eigenvalue weighted by molar-refractivity contribution is 5.85. The number of amides is 1. The molecule has 1 amide bonds. The first-order valence-electron chi connectivity index (χ1n) is 9.72. The minimum atomic E-state index is -0.741. The third kappa shape index (κ3) is 9.67. The molecule has 0 aliphatic carbocycles. The summed E-state index contributed by atoms with van der Waals surface area (Å²) in [6.07, 6.45) is 5.78. The molecule has 0 N–H and O–H groups in total. The van der Waals surface area contributed by atoms with Crippen LogP contribution in [-0.4, -0.2) is 74.9 Å². The zero-order chi connectivity index (χ0) is 19.4. The van der Waals surface area contributed by atoms with Crippen molar-refractivity contribution < 1.29 is 23.5 Å². The Morgan fingerprint density at radius 1 is 1.15 bits per heavy atom. The summed E-state index contributed by atoms with van der Waals surface area (Å²) >= 11 is 0. The van der Waals surface area contributed by atoms with Crippen LogP contribution in [0, 0.1) is 11.8 Å². The van der Waals surface area contributed by atoms with E-state index in [-0.39, 0.29) is 5.91 Å². The van der Waals surface area contributed by atoms with Crippen LogP contribution in [0.2, 0.25) is 0 Å². The summed E-state index contributed by atoms with van der Waals surface area (Å²) in [5.41, 5.74) is 0. The first kappa shape index (κ1) is 22.3. The van der Waals surface area contributed by atoms with Crippen LogP contribution < -0.4 is 0 Å². The van der Waals surface area contributed by atoms with Gasteiger partial charge in [-0.25, -0.2) is 4.79 Å². The number of ether oxygens (including phenoxy) is 2. The van der Waals surface area contributed by atoms with E-state index in [4.69, 9.17) is 9.47 Å². The quantitative estimate of drug-likeness (QED) is 0.258. The summed E-state index contributed by atoms with van der Waals surface area (Å²) in [5.74, 6) is 5.92. The van der Waals surface area contributed by atoms with E-state index in [1.807, 2.05) is 0 Å². The Labute approximate surface area is 158 Å². The van der Waals surface area contributed by atoms with E-state index in [1.54, 1.807) is 4.90 Å². The predicted molar refractivity (Wildman–Crippen MR) is 101 cm³/mol. The summed E-state index contributed by atoms with van der Waals surface area (Å²) in [5, 5.41) is 0. The summed E-state index contributed by atoms with van der Waals surface area (Å²) in [7, 11) is 6.20. The number of hydrogen-bond acceptors (Lipinski definition) is 4. The zero-order valence-electron chi connectivity index (χ0n) is 16.9. The molecule has 0 radical (unpaired) electrons. The number of nitrogens with zero attached hydrogens (tertiary/aromatic N) is 2. The summed E-state index contributed by atoms with van der Waals surface area (Å²) in [6.45, 7) is 4.21. The molecule has 148 valence electrons. The van der Waals surface area contributed by atoms with Crippen molar-refractivity contribution in [1.29, 1.82) is 0 Å². The average molecular weight is 368 g/mol. The van der Waals surface area contributed by atoms with E-state index in [0.717, 1.165) is 30.3 Å². The lowest BCUT2D eigenvalue weighted by Gasteiger charge is -2.20. The molecular weight excluding hydrogens is 332 g/mol. The van der Waals surface area contributed by atoms with Crippen molar-refractivity contribution in [3.05, 3.63) is 0 Å². The lowest BCUT2D eigenvalue weighted by molar-refractivity contribution is -0.862. The first-order chi connectivity index (χ1) is 12.3. The van der Waals surface area contributed by atoms with Gasteiger partial charge in [-0.1, -0.05) is 44.9 Å². The molecule has 1 saturated heterocycles. The topological polar surface area (TPSA) is 55.8 Å². The van der Waals surface area contributed by atoms with Crippen LogP contribution in [0.5, 0.6) is 0 Å². The van der Waals surface area contributed by atoms with Crippen molar-refractivity contribution in [2.75, 3.05) is 47.4 Å². The van der Waals surface area contributed by atoms with Crippen LogP contribution in [0.25, 0.3) is 0 Å². The number of rotatable bonds is 10. The minimum Gasteiger partial charge on any atom is -0.434 e. The van der Waals surface area contributed by atoms with Gasteiger partial charge in [0.2, 0.25) is 0 Å². The van der Waals surface area contributed by atoms with Gasteiger partial charge >= 0.3 is 6.16 Å². The van der Waals surface area contributed by atoms with Gasteiger partial charge in [-0.15, -0.1) is 0 Å². The monoisotopic (exact) mass is 367 g/mol. The minimum absolute atomic E-state index is 0.180. The van der Waals surface area contributed by atoms with Crippen LogP contribution in [0.15, 0.2) is 0 Å². The van der Waals surface area contributed by atoms with Crippen molar-refractivity contribution in [2.45, 2.75) is 58.0 Å². The number of likely N-dealkylation sites (tertiary alicyclic amines) is 1. The van der Waals surface area contributed by atoms with Crippen molar-refractivity contribution in [3.8, 4) is 11.8 Å². The van der Waals surface area contributed by atoms with Crippen molar-refractivity contribution in [3.63, 3.8) is 0 Å². The van der Waals surface area contributed by atoms with E-state index in [0.29, 0.717) is 26.1 Å². The normalized spacial score (nSPS) is 17.0. The maximum absolute atomic E-state index is 12.2. The Kier molecular flexibility index (Phi) is 10.1. The second kappa shape index (κ2) is 11.8. The third-order valence-electron chi connectivity index (χ3n) is 4.15. The van der Waals surface area contributed by atoms with Gasteiger partial charge in [0.25, 0.3) is 5.91 Å². The molecule has 0 bridgehead atoms. The Balaban J connectivity index is 2.19. The third-order valence-corrected chi connectivity index (χ3v) is 4.15. The number of unbranched alkanes of at least 4 members (excludes halogenated alkanes) is 5. The molecule has 6 heteroatoms. The first-order valence-corrected chi connectivity index (χ1v) is 9.72. The average Bonchev–Trinajstić information content (AvgIpc) is 2.90. The van der Waals surface area contributed by atoms with Gasteiger partial charge in [0.15, 0.2) is 6.10 Å². The summed E-state index contributed by atoms with van der Waals surface area (Å²) in [4.78, 5) is 25.6. The van der Waals surface area contributed by atoms with Gasteiger partial charge in [-0.2, -0.15) is 0 Å². The Hall–Kier alpha value is -1.74. The fourth-order valence-electron chi connectivity index (χ4n) is 2.61. The van der Waals surface area contributed by atoms with Crippen molar-refractivity contribution in [2.24, 2.45) is 0 Å². The SMILES string of the molecule is CCCCCCCCOC(=O)OC1CCN(CC#CC[N+](C)(C)C)C1=O. The van der Waals surface area contributed by atoms with E-state index in [9.17, 15) is 9.59 Å². The van der Waals surface area contributed by atoms with E-state index < -0.39 is 12.3 Å². The van der Waals surface area contributed by atoms with Crippen molar-refractivity contribution in [1.82, 2.24) is 4.90 Å². The van der Waals surface area contributed by atoms with Gasteiger partial charge in [0.05, 0.1) is 34.3 Å². The molecule has 0 aromatic carbocycles. The van der Waals surface area contributed by atoms with Crippen LogP contribution in [0.4, 0.5) is 4.79 Å². The number of quaternary nitrogens is 1. The highest BCUT2D eigenvalue weighted by atomic mass is 16.7. The molecule has 1 atom stereocenters. The lowest BCUT2D eigenvalue weighted by Crippen LogP contribution is -2.35. The predicted octanol–water partition coefficient (Wildman–Crippen LogP) is 2.81. The van der Waals surface area contributed by atoms with Crippen molar-refractivity contribution >= 4 is 12.1 Å². The zero-order valence-corrected chi connectivity index (χ0v) is 16.9. The molecule has 0 aromatic rings. The van der Waals surface area contributed by atoms with Crippen LogP contribution >= 0.6 is 0 Å². The Morgan fingerprint density at radius 2 is 1.85 bits per heavy atom. The van der Waals surface area contributed by atoms with Gasteiger partial charge in [-0.3, -0.25) is 4.79 Å². The smallest absolute Gasteiger partial charge is 0.434 e. The number of carbonyl (C=O) groups excluding carboxylic acids is 2. The lowest BCUT2D eigenvalue weighted by atomic mass is 10.1. The number of carbonyl (C=O) groups is 2. The largest absolute Gasteiger partial charge is 0.509 e. The molecule has 0 aromatic heterocycles. The molecule has 1 fully saturated rings. The Morgan fingerprint density at radius 3 is 2.54 bits per heavy atom. The maximum atomic E-state index is 12.2. The highest BCUT2D eigenvalue weighted by Crippen LogP contribution is 2.15. The molecule has 0 spiro atoms. The van der Waals surface area contributed by atoms with Crippen LogP contribution in [-0.2, 0) is 14.3 Å². The van der Waals surface area contributed by atoms with E-state index >= 15 is 0 Å². The fourth-order valence-corrected chi connectivity index (χ4v) is 2.61. The molecule has 1 rings (SSSR count). The maximum Gasteiger partial charge on any atom is 0.509 e. The molecule has 26 heavy (non-hydrogen) atoms. The molecule has 0 saturated carbocycles. The van der Waals surface area contributed by atoms with Gasteiger partial charge in [0, 0.05) is 13.0 Å². The summed E-state index contributed by atoms with van der Waals surface area (Å²) in [6, 6.07) is 0. The molecular formula is C20H35N2O4+. The fraction of sp³-hybridized carbons (Fsp3) is 0.800. The van der Waals surface area contributed by atoms with Gasteiger partial charge < -0.3 is 18.9 Å².